The quantitative estimate of drug-likeness (QED) is 0.557. The van der Waals surface area contributed by atoms with Gasteiger partial charge < -0.3 is 5.32 Å². The first-order chi connectivity index (χ1) is 10.1. The zero-order valence-electron chi connectivity index (χ0n) is 11.6. The molecule has 21 heavy (non-hydrogen) atoms. The summed E-state index contributed by atoms with van der Waals surface area (Å²) in [6.45, 7) is 2.09. The third kappa shape index (κ3) is 2.94. The van der Waals surface area contributed by atoms with Gasteiger partial charge in [0, 0.05) is 15.7 Å². The monoisotopic (exact) mass is 411 g/mol. The average molecular weight is 412 g/mol. The summed E-state index contributed by atoms with van der Waals surface area (Å²) >= 11 is 9.04. The minimum atomic E-state index is -0.167. The summed E-state index contributed by atoms with van der Waals surface area (Å²) in [4.78, 5) is 11.4. The largest absolute Gasteiger partial charge is 0.326 e. The molecule has 4 heteroatoms. The Hall–Kier alpha value is -1.07. The summed E-state index contributed by atoms with van der Waals surface area (Å²) in [5, 5.41) is 2.74. The van der Waals surface area contributed by atoms with E-state index in [4.69, 9.17) is 11.6 Å². The van der Waals surface area contributed by atoms with Crippen molar-refractivity contribution in [3.05, 3.63) is 62.2 Å². The summed E-state index contributed by atoms with van der Waals surface area (Å²) in [5.74, 6) is 0.0888. The first-order valence-electron chi connectivity index (χ1n) is 6.88. The number of hydrogen-bond acceptors (Lipinski definition) is 1. The number of fused-ring (bicyclic) bond motifs is 1. The van der Waals surface area contributed by atoms with Crippen molar-refractivity contribution >= 4 is 45.8 Å². The minimum Gasteiger partial charge on any atom is -0.326 e. The van der Waals surface area contributed by atoms with Crippen LogP contribution in [0.25, 0.3) is 0 Å². The van der Waals surface area contributed by atoms with Gasteiger partial charge in [-0.2, -0.15) is 0 Å². The Morgan fingerprint density at radius 1 is 1.24 bits per heavy atom. The molecule has 1 amide bonds. The van der Waals surface area contributed by atoms with Gasteiger partial charge in [-0.15, -0.1) is 11.6 Å². The molecule has 0 saturated heterocycles. The van der Waals surface area contributed by atoms with E-state index < -0.39 is 0 Å². The van der Waals surface area contributed by atoms with Crippen molar-refractivity contribution in [2.45, 2.75) is 25.1 Å². The predicted octanol–water partition coefficient (Wildman–Crippen LogP) is 4.81. The third-order valence-corrected chi connectivity index (χ3v) is 5.77. The van der Waals surface area contributed by atoms with Gasteiger partial charge in [0.05, 0.1) is 5.38 Å². The molecule has 2 aromatic carbocycles. The van der Waals surface area contributed by atoms with Crippen molar-refractivity contribution < 1.29 is 4.79 Å². The number of carbonyl (C=O) groups is 1. The Morgan fingerprint density at radius 2 is 2.05 bits per heavy atom. The number of alkyl halides is 1. The van der Waals surface area contributed by atoms with Crippen LogP contribution in [-0.4, -0.2) is 5.91 Å². The van der Waals surface area contributed by atoms with Gasteiger partial charge in [0.15, 0.2) is 0 Å². The summed E-state index contributed by atoms with van der Waals surface area (Å²) in [6.07, 6.45) is 1.33. The number of rotatable bonds is 2. The molecule has 0 spiro atoms. The molecule has 0 aromatic heterocycles. The lowest BCUT2D eigenvalue weighted by atomic mass is 9.96. The first-order valence-corrected chi connectivity index (χ1v) is 8.39. The molecule has 3 rings (SSSR count). The average Bonchev–Trinajstić information content (AvgIpc) is 2.49. The van der Waals surface area contributed by atoms with E-state index in [2.05, 4.69) is 53.0 Å². The predicted molar refractivity (Wildman–Crippen MR) is 95.0 cm³/mol. The smallest absolute Gasteiger partial charge is 0.224 e. The second-order valence-corrected chi connectivity index (χ2v) is 6.82. The van der Waals surface area contributed by atoms with E-state index >= 15 is 0 Å². The number of anilines is 1. The molecular formula is C17H15ClINO. The van der Waals surface area contributed by atoms with Gasteiger partial charge in [-0.1, -0.05) is 30.3 Å². The highest BCUT2D eigenvalue weighted by Crippen LogP contribution is 2.35. The van der Waals surface area contributed by atoms with Crippen LogP contribution in [0.2, 0.25) is 0 Å². The van der Waals surface area contributed by atoms with Crippen LogP contribution < -0.4 is 5.32 Å². The number of halogens is 2. The SMILES string of the molecule is Cc1cccc(C(Cl)c2ccc3c(c2)CCC(=O)N3)c1I. The molecule has 108 valence electrons. The van der Waals surface area contributed by atoms with Crippen molar-refractivity contribution in [2.24, 2.45) is 0 Å². The molecule has 1 atom stereocenters. The van der Waals surface area contributed by atoms with Gasteiger partial charge >= 0.3 is 0 Å². The summed E-state index contributed by atoms with van der Waals surface area (Å²) in [7, 11) is 0. The Bertz CT molecular complexity index is 714. The molecule has 2 aromatic rings. The van der Waals surface area contributed by atoms with Crippen molar-refractivity contribution in [1.82, 2.24) is 0 Å². The molecule has 1 aliphatic rings. The van der Waals surface area contributed by atoms with E-state index in [9.17, 15) is 4.79 Å². The molecule has 0 radical (unpaired) electrons. The van der Waals surface area contributed by atoms with Crippen molar-refractivity contribution in [3.8, 4) is 0 Å². The van der Waals surface area contributed by atoms with E-state index in [0.29, 0.717) is 6.42 Å². The maximum Gasteiger partial charge on any atom is 0.224 e. The zero-order chi connectivity index (χ0) is 15.0. The number of nitrogens with one attached hydrogen (secondary N) is 1. The molecule has 1 unspecified atom stereocenters. The highest BCUT2D eigenvalue weighted by Gasteiger charge is 2.19. The highest BCUT2D eigenvalue weighted by molar-refractivity contribution is 14.1. The van der Waals surface area contributed by atoms with Crippen LogP contribution >= 0.6 is 34.2 Å². The van der Waals surface area contributed by atoms with Crippen molar-refractivity contribution in [1.29, 1.82) is 0 Å². The summed E-state index contributed by atoms with van der Waals surface area (Å²) in [6, 6.07) is 12.3. The van der Waals surface area contributed by atoms with E-state index in [-0.39, 0.29) is 11.3 Å². The molecule has 0 fully saturated rings. The van der Waals surface area contributed by atoms with E-state index in [1.54, 1.807) is 0 Å². The lowest BCUT2D eigenvalue weighted by Gasteiger charge is -2.20. The van der Waals surface area contributed by atoms with Gasteiger partial charge in [0.25, 0.3) is 0 Å². The Labute approximate surface area is 143 Å². The highest BCUT2D eigenvalue weighted by atomic mass is 127. The number of amides is 1. The van der Waals surface area contributed by atoms with Crippen LogP contribution in [0.4, 0.5) is 5.69 Å². The fraction of sp³-hybridized carbons (Fsp3) is 0.235. The van der Waals surface area contributed by atoms with Crippen LogP contribution in [0.3, 0.4) is 0 Å². The molecule has 0 saturated carbocycles. The second kappa shape index (κ2) is 5.97. The van der Waals surface area contributed by atoms with Crippen LogP contribution in [0.15, 0.2) is 36.4 Å². The van der Waals surface area contributed by atoms with Gasteiger partial charge in [-0.3, -0.25) is 4.79 Å². The maximum atomic E-state index is 11.4. The molecule has 1 heterocycles. The fourth-order valence-corrected chi connectivity index (χ4v) is 3.78. The maximum absolute atomic E-state index is 11.4. The first kappa shape index (κ1) is 14.9. The van der Waals surface area contributed by atoms with Gasteiger partial charge in [-0.05, 0) is 64.3 Å². The number of hydrogen-bond donors (Lipinski definition) is 1. The second-order valence-electron chi connectivity index (χ2n) is 5.31. The molecule has 0 bridgehead atoms. The summed E-state index contributed by atoms with van der Waals surface area (Å²) in [5.41, 5.74) is 5.54. The fourth-order valence-electron chi connectivity index (χ4n) is 2.61. The van der Waals surface area contributed by atoms with Crippen molar-refractivity contribution in [2.75, 3.05) is 5.32 Å². The van der Waals surface area contributed by atoms with Gasteiger partial charge in [0.2, 0.25) is 5.91 Å². The van der Waals surface area contributed by atoms with Crippen LogP contribution in [-0.2, 0) is 11.2 Å². The summed E-state index contributed by atoms with van der Waals surface area (Å²) < 4.78 is 1.21. The van der Waals surface area contributed by atoms with Crippen LogP contribution in [0.1, 0.15) is 34.1 Å². The number of aryl methyl sites for hydroxylation is 2. The normalized spacial score (nSPS) is 15.3. The number of benzene rings is 2. The van der Waals surface area contributed by atoms with E-state index in [1.807, 2.05) is 18.2 Å². The van der Waals surface area contributed by atoms with Crippen LogP contribution in [0.5, 0.6) is 0 Å². The van der Waals surface area contributed by atoms with Gasteiger partial charge in [0.1, 0.15) is 0 Å². The van der Waals surface area contributed by atoms with Crippen LogP contribution in [0, 0.1) is 10.5 Å². The molecule has 1 N–H and O–H groups in total. The number of carbonyl (C=O) groups excluding carboxylic acids is 1. The van der Waals surface area contributed by atoms with E-state index in [1.165, 1.54) is 14.7 Å². The standard InChI is InChI=1S/C17H15ClINO/c1-10-3-2-4-13(17(10)19)16(18)12-5-7-14-11(9-12)6-8-15(21)20-14/h2-5,7,9,16H,6,8H2,1H3,(H,20,21). The Balaban J connectivity index is 1.97. The Kier molecular flexibility index (Phi) is 4.22. The topological polar surface area (TPSA) is 29.1 Å². The molecule has 1 aliphatic heterocycles. The Morgan fingerprint density at radius 3 is 2.86 bits per heavy atom. The minimum absolute atomic E-state index is 0.0888. The lowest BCUT2D eigenvalue weighted by Crippen LogP contribution is -2.19. The lowest BCUT2D eigenvalue weighted by molar-refractivity contribution is -0.116. The molecular weight excluding hydrogens is 397 g/mol. The third-order valence-electron chi connectivity index (χ3n) is 3.81. The van der Waals surface area contributed by atoms with Crippen molar-refractivity contribution in [3.63, 3.8) is 0 Å². The molecule has 0 aliphatic carbocycles. The van der Waals surface area contributed by atoms with Gasteiger partial charge in [-0.25, -0.2) is 0 Å². The molecule has 2 nitrogen and oxygen atoms in total. The van der Waals surface area contributed by atoms with E-state index in [0.717, 1.165) is 23.2 Å². The zero-order valence-corrected chi connectivity index (χ0v) is 14.5.